The molecular formula is C12H21NO4. The highest BCUT2D eigenvalue weighted by Crippen LogP contribution is 2.28. The predicted molar refractivity (Wildman–Crippen MR) is 59.7 cm³/mol. The first-order valence-corrected chi connectivity index (χ1v) is 5.99. The van der Waals surface area contributed by atoms with Gasteiger partial charge >= 0.3 is 5.97 Å². The molecule has 98 valence electrons. The van der Waals surface area contributed by atoms with Gasteiger partial charge < -0.3 is 19.1 Å². The molecule has 0 aliphatic heterocycles. The van der Waals surface area contributed by atoms with Crippen molar-refractivity contribution in [3.8, 4) is 0 Å². The Morgan fingerprint density at radius 2 is 1.94 bits per heavy atom. The Hall–Kier alpha value is -1.10. The number of quaternary nitrogens is 1. The first-order valence-electron chi connectivity index (χ1n) is 5.99. The Balaban J connectivity index is 2.49. The standard InChI is InChI=1S/C12H21NO4/c1-13(2,3)8-10(7-11(14)15)17-12(16)9-5-4-6-9/h9-10H,4-8H2,1-3H3/t10-/m1/s1. The number of hydrogen-bond acceptors (Lipinski definition) is 4. The molecule has 1 saturated carbocycles. The minimum atomic E-state index is -1.18. The van der Waals surface area contributed by atoms with Crippen LogP contribution in [0.25, 0.3) is 0 Å². The average Bonchev–Trinajstić information content (AvgIpc) is 1.93. The van der Waals surface area contributed by atoms with Crippen LogP contribution < -0.4 is 5.11 Å². The molecule has 1 rings (SSSR count). The number of carbonyl (C=O) groups excluding carboxylic acids is 2. The number of carbonyl (C=O) groups is 2. The number of aliphatic carboxylic acids is 1. The van der Waals surface area contributed by atoms with Crippen LogP contribution in [-0.2, 0) is 14.3 Å². The van der Waals surface area contributed by atoms with Gasteiger partial charge in [0.2, 0.25) is 0 Å². The van der Waals surface area contributed by atoms with Crippen molar-refractivity contribution in [2.24, 2.45) is 5.92 Å². The van der Waals surface area contributed by atoms with E-state index in [0.717, 1.165) is 19.3 Å². The van der Waals surface area contributed by atoms with Gasteiger partial charge in [-0.15, -0.1) is 0 Å². The van der Waals surface area contributed by atoms with Gasteiger partial charge in [0.15, 0.2) is 6.10 Å². The first-order chi connectivity index (χ1) is 7.78. The Morgan fingerprint density at radius 1 is 1.35 bits per heavy atom. The summed E-state index contributed by atoms with van der Waals surface area (Å²) in [5.74, 6) is -1.45. The van der Waals surface area contributed by atoms with E-state index in [1.165, 1.54) is 0 Å². The third-order valence-corrected chi connectivity index (χ3v) is 2.87. The maximum atomic E-state index is 11.7. The zero-order chi connectivity index (χ0) is 13.1. The highest BCUT2D eigenvalue weighted by Gasteiger charge is 2.30. The second kappa shape index (κ2) is 5.49. The normalized spacial score (nSPS) is 18.3. The molecule has 0 bridgehead atoms. The molecule has 17 heavy (non-hydrogen) atoms. The minimum Gasteiger partial charge on any atom is -0.550 e. The summed E-state index contributed by atoms with van der Waals surface area (Å²) in [6.07, 6.45) is 1.96. The number of hydrogen-bond donors (Lipinski definition) is 0. The largest absolute Gasteiger partial charge is 0.550 e. The fourth-order valence-corrected chi connectivity index (χ4v) is 1.84. The lowest BCUT2D eigenvalue weighted by molar-refractivity contribution is -0.873. The zero-order valence-electron chi connectivity index (χ0n) is 10.8. The number of esters is 1. The summed E-state index contributed by atoms with van der Waals surface area (Å²) in [4.78, 5) is 22.3. The second-order valence-electron chi connectivity index (χ2n) is 5.74. The minimum absolute atomic E-state index is 0.0216. The highest BCUT2D eigenvalue weighted by atomic mass is 16.5. The van der Waals surface area contributed by atoms with Crippen LogP contribution in [0.15, 0.2) is 0 Å². The van der Waals surface area contributed by atoms with Crippen LogP contribution in [-0.4, -0.2) is 50.2 Å². The van der Waals surface area contributed by atoms with Crippen molar-refractivity contribution >= 4 is 11.9 Å². The van der Waals surface area contributed by atoms with E-state index >= 15 is 0 Å². The monoisotopic (exact) mass is 243 g/mol. The van der Waals surface area contributed by atoms with E-state index in [9.17, 15) is 14.7 Å². The van der Waals surface area contributed by atoms with Crippen LogP contribution >= 0.6 is 0 Å². The van der Waals surface area contributed by atoms with Crippen molar-refractivity contribution in [2.75, 3.05) is 27.7 Å². The molecule has 0 spiro atoms. The number of rotatable bonds is 6. The first kappa shape index (κ1) is 14.0. The van der Waals surface area contributed by atoms with Crippen LogP contribution in [0.5, 0.6) is 0 Å². The molecule has 0 radical (unpaired) electrons. The molecule has 0 amide bonds. The molecule has 1 aliphatic carbocycles. The second-order valence-corrected chi connectivity index (χ2v) is 5.74. The van der Waals surface area contributed by atoms with E-state index in [1.54, 1.807) is 0 Å². The Morgan fingerprint density at radius 3 is 2.29 bits per heavy atom. The molecule has 1 aliphatic rings. The quantitative estimate of drug-likeness (QED) is 0.468. The van der Waals surface area contributed by atoms with Crippen molar-refractivity contribution < 1.29 is 23.9 Å². The molecule has 0 aromatic heterocycles. The van der Waals surface area contributed by atoms with Crippen LogP contribution in [0.2, 0.25) is 0 Å². The van der Waals surface area contributed by atoms with E-state index in [-0.39, 0.29) is 18.3 Å². The van der Waals surface area contributed by atoms with Gasteiger partial charge in [-0.1, -0.05) is 6.42 Å². The maximum Gasteiger partial charge on any atom is 0.309 e. The molecule has 0 saturated heterocycles. The Bertz CT molecular complexity index is 291. The van der Waals surface area contributed by atoms with Gasteiger partial charge in [0.25, 0.3) is 0 Å². The van der Waals surface area contributed by atoms with Crippen LogP contribution in [0.4, 0.5) is 0 Å². The van der Waals surface area contributed by atoms with Crippen molar-refractivity contribution in [1.82, 2.24) is 0 Å². The van der Waals surface area contributed by atoms with E-state index in [4.69, 9.17) is 4.74 Å². The third kappa shape index (κ3) is 5.17. The highest BCUT2D eigenvalue weighted by molar-refractivity contribution is 5.74. The fraction of sp³-hybridized carbons (Fsp3) is 0.833. The topological polar surface area (TPSA) is 66.4 Å². The van der Waals surface area contributed by atoms with Crippen LogP contribution in [0.1, 0.15) is 25.7 Å². The van der Waals surface area contributed by atoms with Crippen molar-refractivity contribution in [3.05, 3.63) is 0 Å². The number of carboxylic acid groups (broad SMARTS) is 1. The van der Waals surface area contributed by atoms with Gasteiger partial charge in [0.05, 0.1) is 27.1 Å². The van der Waals surface area contributed by atoms with Crippen molar-refractivity contribution in [1.29, 1.82) is 0 Å². The summed E-state index contributed by atoms with van der Waals surface area (Å²) in [6.45, 7) is 0.479. The Kier molecular flexibility index (Phi) is 4.51. The molecule has 5 nitrogen and oxygen atoms in total. The SMILES string of the molecule is C[N+](C)(C)C[C@@H](CC(=O)[O-])OC(=O)C1CCC1. The van der Waals surface area contributed by atoms with Crippen LogP contribution in [0, 0.1) is 5.92 Å². The summed E-state index contributed by atoms with van der Waals surface area (Å²) in [5.41, 5.74) is 0. The smallest absolute Gasteiger partial charge is 0.309 e. The van der Waals surface area contributed by atoms with E-state index in [0.29, 0.717) is 11.0 Å². The number of carboxylic acids is 1. The van der Waals surface area contributed by atoms with Gasteiger partial charge in [-0.25, -0.2) is 0 Å². The van der Waals surface area contributed by atoms with E-state index < -0.39 is 12.1 Å². The molecule has 0 aromatic rings. The van der Waals surface area contributed by atoms with Crippen LogP contribution in [0.3, 0.4) is 0 Å². The van der Waals surface area contributed by atoms with E-state index in [2.05, 4.69) is 0 Å². The van der Waals surface area contributed by atoms with Gasteiger partial charge in [-0.05, 0) is 12.8 Å². The van der Waals surface area contributed by atoms with Crippen molar-refractivity contribution in [2.45, 2.75) is 31.8 Å². The lowest BCUT2D eigenvalue weighted by Crippen LogP contribution is -2.46. The molecule has 1 atom stereocenters. The summed E-state index contributed by atoms with van der Waals surface area (Å²) in [7, 11) is 5.79. The third-order valence-electron chi connectivity index (χ3n) is 2.87. The summed E-state index contributed by atoms with van der Waals surface area (Å²) >= 11 is 0. The molecule has 1 fully saturated rings. The van der Waals surface area contributed by atoms with Gasteiger partial charge in [0, 0.05) is 12.4 Å². The van der Waals surface area contributed by atoms with Gasteiger partial charge in [-0.2, -0.15) is 0 Å². The zero-order valence-corrected chi connectivity index (χ0v) is 10.8. The molecule has 0 aromatic carbocycles. The molecule has 0 N–H and O–H groups in total. The number of likely N-dealkylation sites (N-methyl/N-ethyl adjacent to an activating group) is 1. The molecule has 0 heterocycles. The molecule has 0 unspecified atom stereocenters. The number of ether oxygens (including phenoxy) is 1. The molecular weight excluding hydrogens is 222 g/mol. The average molecular weight is 243 g/mol. The van der Waals surface area contributed by atoms with Crippen molar-refractivity contribution in [3.63, 3.8) is 0 Å². The van der Waals surface area contributed by atoms with E-state index in [1.807, 2.05) is 21.1 Å². The maximum absolute atomic E-state index is 11.7. The van der Waals surface area contributed by atoms with Gasteiger partial charge in [-0.3, -0.25) is 4.79 Å². The fourth-order valence-electron chi connectivity index (χ4n) is 1.84. The summed E-state index contributed by atoms with van der Waals surface area (Å²) in [5, 5.41) is 10.6. The molecule has 5 heteroatoms. The lowest BCUT2D eigenvalue weighted by atomic mass is 9.85. The predicted octanol–water partition coefficient (Wildman–Crippen LogP) is -0.455. The Labute approximate surface area is 102 Å². The summed E-state index contributed by atoms with van der Waals surface area (Å²) in [6, 6.07) is 0. The van der Waals surface area contributed by atoms with Gasteiger partial charge in [0.1, 0.15) is 6.54 Å². The summed E-state index contributed by atoms with van der Waals surface area (Å²) < 4.78 is 5.82. The lowest BCUT2D eigenvalue weighted by Gasteiger charge is -2.31. The number of nitrogens with zero attached hydrogens (tertiary/aromatic N) is 1.